The third kappa shape index (κ3) is 2.86. The molecule has 1 aromatic carbocycles. The van der Waals surface area contributed by atoms with Crippen LogP contribution in [0.1, 0.15) is 38.7 Å². The maximum absolute atomic E-state index is 12.4. The topological polar surface area (TPSA) is 29.1 Å². The maximum Gasteiger partial charge on any atom is 0.230 e. The molecule has 0 spiro atoms. The molecule has 0 heterocycles. The molecule has 18 heavy (non-hydrogen) atoms. The van der Waals surface area contributed by atoms with Gasteiger partial charge in [0.15, 0.2) is 0 Å². The van der Waals surface area contributed by atoms with E-state index in [-0.39, 0.29) is 22.7 Å². The Morgan fingerprint density at radius 1 is 1.33 bits per heavy atom. The number of hydrogen-bond donors (Lipinski definition) is 1. The van der Waals surface area contributed by atoms with Crippen molar-refractivity contribution in [2.24, 2.45) is 0 Å². The number of rotatable bonds is 5. The van der Waals surface area contributed by atoms with Gasteiger partial charge in [0.1, 0.15) is 0 Å². The van der Waals surface area contributed by atoms with Gasteiger partial charge in [-0.1, -0.05) is 30.3 Å². The van der Waals surface area contributed by atoms with Gasteiger partial charge in [-0.15, -0.1) is 11.6 Å². The van der Waals surface area contributed by atoms with Crippen LogP contribution >= 0.6 is 11.6 Å². The predicted molar refractivity (Wildman–Crippen MR) is 74.9 cm³/mol. The van der Waals surface area contributed by atoms with Gasteiger partial charge in [-0.25, -0.2) is 0 Å². The van der Waals surface area contributed by atoms with Crippen LogP contribution in [0.25, 0.3) is 0 Å². The Balaban J connectivity index is 2.01. The van der Waals surface area contributed by atoms with E-state index in [1.165, 1.54) is 0 Å². The van der Waals surface area contributed by atoms with Crippen LogP contribution in [-0.2, 0) is 10.2 Å². The molecular formula is C15H20ClNO. The van der Waals surface area contributed by atoms with Crippen molar-refractivity contribution in [1.82, 2.24) is 5.32 Å². The molecular weight excluding hydrogens is 246 g/mol. The molecule has 1 fully saturated rings. The minimum absolute atomic E-state index is 0.0900. The van der Waals surface area contributed by atoms with E-state index in [1.54, 1.807) is 0 Å². The Hall–Kier alpha value is -1.02. The van der Waals surface area contributed by atoms with Crippen molar-refractivity contribution in [3.05, 3.63) is 35.9 Å². The highest BCUT2D eigenvalue weighted by Gasteiger charge is 2.51. The third-order valence-corrected chi connectivity index (χ3v) is 3.75. The van der Waals surface area contributed by atoms with Gasteiger partial charge in [0.2, 0.25) is 5.91 Å². The van der Waals surface area contributed by atoms with Crippen LogP contribution in [0, 0.1) is 0 Å². The first-order valence-corrected chi connectivity index (χ1v) is 6.99. The Kier molecular flexibility index (Phi) is 3.96. The zero-order valence-corrected chi connectivity index (χ0v) is 11.7. The van der Waals surface area contributed by atoms with Gasteiger partial charge in [0.05, 0.1) is 5.41 Å². The van der Waals surface area contributed by atoms with Crippen LogP contribution < -0.4 is 5.32 Å². The van der Waals surface area contributed by atoms with E-state index in [1.807, 2.05) is 44.2 Å². The SMILES string of the molecule is CC(Cl)CC(C)NC(=O)C1(c2ccccc2)CC1. The summed E-state index contributed by atoms with van der Waals surface area (Å²) < 4.78 is 0. The average Bonchev–Trinajstić information content (AvgIpc) is 3.10. The second kappa shape index (κ2) is 5.31. The average molecular weight is 266 g/mol. The van der Waals surface area contributed by atoms with E-state index < -0.39 is 0 Å². The fourth-order valence-electron chi connectivity index (χ4n) is 2.44. The normalized spacial score (nSPS) is 19.9. The lowest BCUT2D eigenvalue weighted by Crippen LogP contribution is -2.41. The second-order valence-electron chi connectivity index (χ2n) is 5.34. The van der Waals surface area contributed by atoms with Gasteiger partial charge in [0, 0.05) is 11.4 Å². The molecule has 0 bridgehead atoms. The van der Waals surface area contributed by atoms with Crippen LogP contribution in [0.5, 0.6) is 0 Å². The molecule has 2 rings (SSSR count). The molecule has 0 saturated heterocycles. The lowest BCUT2D eigenvalue weighted by molar-refractivity contribution is -0.124. The Labute approximate surface area is 114 Å². The lowest BCUT2D eigenvalue weighted by Gasteiger charge is -2.20. The number of amides is 1. The highest BCUT2D eigenvalue weighted by atomic mass is 35.5. The molecule has 2 unspecified atom stereocenters. The number of carbonyl (C=O) groups is 1. The Bertz CT molecular complexity index is 412. The van der Waals surface area contributed by atoms with Crippen molar-refractivity contribution in [1.29, 1.82) is 0 Å². The van der Waals surface area contributed by atoms with Crippen LogP contribution in [0.2, 0.25) is 0 Å². The molecule has 1 saturated carbocycles. The minimum Gasteiger partial charge on any atom is -0.353 e. The second-order valence-corrected chi connectivity index (χ2v) is 6.08. The largest absolute Gasteiger partial charge is 0.353 e. The number of alkyl halides is 1. The summed E-state index contributed by atoms with van der Waals surface area (Å²) in [6, 6.07) is 10.2. The van der Waals surface area contributed by atoms with E-state index in [0.717, 1.165) is 24.8 Å². The third-order valence-electron chi connectivity index (χ3n) is 3.57. The first-order chi connectivity index (χ1) is 8.54. The van der Waals surface area contributed by atoms with Crippen LogP contribution in [-0.4, -0.2) is 17.3 Å². The highest BCUT2D eigenvalue weighted by Crippen LogP contribution is 2.48. The molecule has 1 aliphatic carbocycles. The lowest BCUT2D eigenvalue weighted by atomic mass is 9.94. The molecule has 0 radical (unpaired) electrons. The quantitative estimate of drug-likeness (QED) is 0.814. The number of nitrogens with one attached hydrogen (secondary N) is 1. The maximum atomic E-state index is 12.4. The number of hydrogen-bond acceptors (Lipinski definition) is 1. The van der Waals surface area contributed by atoms with Crippen molar-refractivity contribution in [3.8, 4) is 0 Å². The molecule has 0 aliphatic heterocycles. The number of halogens is 1. The molecule has 1 amide bonds. The summed E-state index contributed by atoms with van der Waals surface area (Å²) >= 11 is 5.95. The number of benzene rings is 1. The van der Waals surface area contributed by atoms with E-state index in [0.29, 0.717) is 0 Å². The zero-order valence-electron chi connectivity index (χ0n) is 10.9. The molecule has 1 N–H and O–H groups in total. The molecule has 1 aliphatic rings. The number of carbonyl (C=O) groups excluding carboxylic acids is 1. The van der Waals surface area contributed by atoms with Gasteiger partial charge in [-0.05, 0) is 38.7 Å². The van der Waals surface area contributed by atoms with Gasteiger partial charge in [0.25, 0.3) is 0 Å². The monoisotopic (exact) mass is 265 g/mol. The van der Waals surface area contributed by atoms with Gasteiger partial charge in [-0.2, -0.15) is 0 Å². The minimum atomic E-state index is -0.273. The molecule has 98 valence electrons. The first-order valence-electron chi connectivity index (χ1n) is 6.55. The summed E-state index contributed by atoms with van der Waals surface area (Å²) in [7, 11) is 0. The Morgan fingerprint density at radius 2 is 1.94 bits per heavy atom. The smallest absolute Gasteiger partial charge is 0.230 e. The van der Waals surface area contributed by atoms with E-state index in [4.69, 9.17) is 11.6 Å². The van der Waals surface area contributed by atoms with Crippen molar-refractivity contribution >= 4 is 17.5 Å². The predicted octanol–water partition coefficient (Wildman–Crippen LogP) is 3.24. The molecule has 0 aromatic heterocycles. The molecule has 2 nitrogen and oxygen atoms in total. The van der Waals surface area contributed by atoms with Crippen molar-refractivity contribution in [2.75, 3.05) is 0 Å². The summed E-state index contributed by atoms with van der Waals surface area (Å²) in [4.78, 5) is 12.4. The van der Waals surface area contributed by atoms with Gasteiger partial charge < -0.3 is 5.32 Å². The first kappa shape index (κ1) is 13.4. The summed E-state index contributed by atoms with van der Waals surface area (Å²) in [6.45, 7) is 3.96. The van der Waals surface area contributed by atoms with E-state index in [2.05, 4.69) is 5.32 Å². The fraction of sp³-hybridized carbons (Fsp3) is 0.533. The summed E-state index contributed by atoms with van der Waals surface area (Å²) in [5.74, 6) is 0.151. The standard InChI is InChI=1S/C15H20ClNO/c1-11(16)10-12(2)17-14(18)15(8-9-15)13-6-4-3-5-7-13/h3-7,11-12H,8-10H2,1-2H3,(H,17,18). The van der Waals surface area contributed by atoms with Crippen molar-refractivity contribution < 1.29 is 4.79 Å². The summed E-state index contributed by atoms with van der Waals surface area (Å²) in [5, 5.41) is 3.18. The molecule has 1 aromatic rings. The van der Waals surface area contributed by atoms with Crippen LogP contribution in [0.3, 0.4) is 0 Å². The molecule has 3 heteroatoms. The highest BCUT2D eigenvalue weighted by molar-refractivity contribution is 6.20. The summed E-state index contributed by atoms with van der Waals surface area (Å²) in [5.41, 5.74) is 0.860. The summed E-state index contributed by atoms with van der Waals surface area (Å²) in [6.07, 6.45) is 2.70. The van der Waals surface area contributed by atoms with Gasteiger partial charge >= 0.3 is 0 Å². The van der Waals surface area contributed by atoms with Crippen LogP contribution in [0.15, 0.2) is 30.3 Å². The fourth-order valence-corrected chi connectivity index (χ4v) is 2.70. The van der Waals surface area contributed by atoms with E-state index in [9.17, 15) is 4.79 Å². The van der Waals surface area contributed by atoms with Crippen LogP contribution in [0.4, 0.5) is 0 Å². The van der Waals surface area contributed by atoms with Crippen molar-refractivity contribution in [2.45, 2.75) is 49.9 Å². The van der Waals surface area contributed by atoms with E-state index >= 15 is 0 Å². The zero-order chi connectivity index (χ0) is 13.2. The van der Waals surface area contributed by atoms with Gasteiger partial charge in [-0.3, -0.25) is 4.79 Å². The van der Waals surface area contributed by atoms with Crippen molar-refractivity contribution in [3.63, 3.8) is 0 Å². The molecule has 2 atom stereocenters. The Morgan fingerprint density at radius 3 is 2.44 bits per heavy atom.